The molecule has 0 unspecified atom stereocenters. The maximum absolute atomic E-state index is 12.1. The van der Waals surface area contributed by atoms with Crippen molar-refractivity contribution in [1.29, 1.82) is 0 Å². The molecule has 0 spiro atoms. The first kappa shape index (κ1) is 13.3. The Balaban J connectivity index is 2.08. The molecule has 104 valence electrons. The molecule has 0 saturated heterocycles. The first-order valence-corrected chi connectivity index (χ1v) is 6.79. The van der Waals surface area contributed by atoms with Gasteiger partial charge < -0.3 is 4.42 Å². The fraction of sp³-hybridized carbons (Fsp3) is 0.111. The Morgan fingerprint density at radius 2 is 1.76 bits per heavy atom. The van der Waals surface area contributed by atoms with E-state index in [1.807, 2.05) is 62.4 Å². The summed E-state index contributed by atoms with van der Waals surface area (Å²) in [5.41, 5.74) is 3.38. The van der Waals surface area contributed by atoms with E-state index in [9.17, 15) is 4.79 Å². The van der Waals surface area contributed by atoms with Gasteiger partial charge in [0.05, 0.1) is 17.0 Å². The molecule has 0 aliphatic carbocycles. The number of fused-ring (bicyclic) bond motifs is 1. The van der Waals surface area contributed by atoms with Crippen molar-refractivity contribution in [2.24, 2.45) is 4.99 Å². The van der Waals surface area contributed by atoms with Gasteiger partial charge in [0.1, 0.15) is 5.58 Å². The molecule has 21 heavy (non-hydrogen) atoms. The standard InChI is InChI=1S/C18H15NO2/c1-12-7-9-15(10-8-12)19-13(2)16-11-14-5-3-4-6-17(14)21-18(16)20/h3-11H,1-2H3. The van der Waals surface area contributed by atoms with Crippen LogP contribution in [0.3, 0.4) is 0 Å². The largest absolute Gasteiger partial charge is 0.422 e. The van der Waals surface area contributed by atoms with Crippen LogP contribution in [0.1, 0.15) is 18.1 Å². The molecule has 2 aromatic carbocycles. The number of benzene rings is 2. The van der Waals surface area contributed by atoms with Crippen LogP contribution in [0.15, 0.2) is 68.8 Å². The summed E-state index contributed by atoms with van der Waals surface area (Å²) < 4.78 is 5.33. The molecular weight excluding hydrogens is 262 g/mol. The van der Waals surface area contributed by atoms with Crippen LogP contribution in [0.25, 0.3) is 11.0 Å². The summed E-state index contributed by atoms with van der Waals surface area (Å²) in [5, 5.41) is 0.894. The van der Waals surface area contributed by atoms with Crippen molar-refractivity contribution in [2.75, 3.05) is 0 Å². The van der Waals surface area contributed by atoms with Gasteiger partial charge >= 0.3 is 5.63 Å². The zero-order valence-corrected chi connectivity index (χ0v) is 12.0. The first-order chi connectivity index (χ1) is 10.1. The Morgan fingerprint density at radius 1 is 1.05 bits per heavy atom. The molecule has 0 saturated carbocycles. The van der Waals surface area contributed by atoms with Gasteiger partial charge in [-0.1, -0.05) is 35.9 Å². The zero-order chi connectivity index (χ0) is 14.8. The van der Waals surface area contributed by atoms with Gasteiger partial charge in [0.2, 0.25) is 0 Å². The van der Waals surface area contributed by atoms with Gasteiger partial charge in [-0.25, -0.2) is 4.79 Å². The summed E-state index contributed by atoms with van der Waals surface area (Å²) in [6.45, 7) is 3.85. The number of aryl methyl sites for hydroxylation is 1. The minimum Gasteiger partial charge on any atom is -0.422 e. The Labute approximate surface area is 122 Å². The van der Waals surface area contributed by atoms with E-state index >= 15 is 0 Å². The van der Waals surface area contributed by atoms with E-state index in [-0.39, 0.29) is 5.63 Å². The van der Waals surface area contributed by atoms with Crippen LogP contribution in [0.4, 0.5) is 5.69 Å². The lowest BCUT2D eigenvalue weighted by atomic mass is 10.1. The molecule has 1 aromatic heterocycles. The molecule has 3 nitrogen and oxygen atoms in total. The molecule has 0 amide bonds. The Bertz CT molecular complexity index is 874. The van der Waals surface area contributed by atoms with Crippen LogP contribution in [-0.4, -0.2) is 5.71 Å². The van der Waals surface area contributed by atoms with Crippen molar-refractivity contribution in [3.8, 4) is 0 Å². The van der Waals surface area contributed by atoms with Crippen LogP contribution in [0.5, 0.6) is 0 Å². The van der Waals surface area contributed by atoms with E-state index in [4.69, 9.17) is 4.42 Å². The van der Waals surface area contributed by atoms with E-state index in [2.05, 4.69) is 4.99 Å². The quantitative estimate of drug-likeness (QED) is 0.519. The zero-order valence-electron chi connectivity index (χ0n) is 12.0. The second-order valence-corrected chi connectivity index (χ2v) is 5.02. The van der Waals surface area contributed by atoms with E-state index in [1.165, 1.54) is 5.56 Å². The van der Waals surface area contributed by atoms with E-state index in [1.54, 1.807) is 6.07 Å². The molecule has 0 bridgehead atoms. The third-order valence-corrected chi connectivity index (χ3v) is 3.36. The van der Waals surface area contributed by atoms with Gasteiger partial charge in [0, 0.05) is 5.39 Å². The number of hydrogen-bond donors (Lipinski definition) is 0. The average molecular weight is 277 g/mol. The van der Waals surface area contributed by atoms with Crippen molar-refractivity contribution in [1.82, 2.24) is 0 Å². The molecule has 3 aromatic rings. The van der Waals surface area contributed by atoms with E-state index in [0.717, 1.165) is 11.1 Å². The number of aliphatic imine (C=N–C) groups is 1. The predicted molar refractivity (Wildman–Crippen MR) is 85.5 cm³/mol. The fourth-order valence-corrected chi connectivity index (χ4v) is 2.19. The van der Waals surface area contributed by atoms with Crippen molar-refractivity contribution in [3.63, 3.8) is 0 Å². The highest BCUT2D eigenvalue weighted by Crippen LogP contribution is 2.16. The van der Waals surface area contributed by atoms with Gasteiger partial charge in [-0.3, -0.25) is 4.99 Å². The Morgan fingerprint density at radius 3 is 2.52 bits per heavy atom. The maximum Gasteiger partial charge on any atom is 0.345 e. The third-order valence-electron chi connectivity index (χ3n) is 3.36. The van der Waals surface area contributed by atoms with Gasteiger partial charge in [0.25, 0.3) is 0 Å². The third kappa shape index (κ3) is 2.77. The minimum absolute atomic E-state index is 0.359. The summed E-state index contributed by atoms with van der Waals surface area (Å²) in [4.78, 5) is 16.6. The van der Waals surface area contributed by atoms with E-state index < -0.39 is 0 Å². The minimum atomic E-state index is -0.359. The highest BCUT2D eigenvalue weighted by Gasteiger charge is 2.08. The topological polar surface area (TPSA) is 42.6 Å². The molecule has 0 aliphatic rings. The molecule has 1 heterocycles. The van der Waals surface area contributed by atoms with Crippen LogP contribution in [0, 0.1) is 6.92 Å². The van der Waals surface area contributed by atoms with Crippen molar-refractivity contribution < 1.29 is 4.42 Å². The summed E-state index contributed by atoms with van der Waals surface area (Å²) in [6, 6.07) is 17.1. The molecule has 0 fully saturated rings. The average Bonchev–Trinajstić information content (AvgIpc) is 2.49. The molecule has 3 heteroatoms. The van der Waals surface area contributed by atoms with E-state index in [0.29, 0.717) is 16.9 Å². The lowest BCUT2D eigenvalue weighted by molar-refractivity contribution is 0.559. The Hall–Kier alpha value is -2.68. The van der Waals surface area contributed by atoms with Gasteiger partial charge in [-0.05, 0) is 38.1 Å². The predicted octanol–water partition coefficient (Wildman–Crippen LogP) is 4.24. The van der Waals surface area contributed by atoms with Gasteiger partial charge in [-0.15, -0.1) is 0 Å². The number of hydrogen-bond acceptors (Lipinski definition) is 3. The Kier molecular flexibility index (Phi) is 3.40. The SMILES string of the molecule is CC(=Nc1ccc(C)cc1)c1cc2ccccc2oc1=O. The van der Waals surface area contributed by atoms with Crippen LogP contribution in [0.2, 0.25) is 0 Å². The summed E-state index contributed by atoms with van der Waals surface area (Å²) >= 11 is 0. The van der Waals surface area contributed by atoms with Gasteiger partial charge in [-0.2, -0.15) is 0 Å². The highest BCUT2D eigenvalue weighted by atomic mass is 16.4. The number of rotatable bonds is 2. The van der Waals surface area contributed by atoms with Crippen LogP contribution >= 0.6 is 0 Å². The summed E-state index contributed by atoms with van der Waals surface area (Å²) in [5.74, 6) is 0. The van der Waals surface area contributed by atoms with Crippen molar-refractivity contribution in [3.05, 3.63) is 76.1 Å². The normalized spacial score (nSPS) is 11.8. The molecule has 0 N–H and O–H groups in total. The van der Waals surface area contributed by atoms with Crippen LogP contribution in [-0.2, 0) is 0 Å². The maximum atomic E-state index is 12.1. The molecule has 3 rings (SSSR count). The summed E-state index contributed by atoms with van der Waals surface area (Å²) in [7, 11) is 0. The second kappa shape index (κ2) is 5.37. The van der Waals surface area contributed by atoms with Crippen LogP contribution < -0.4 is 5.63 Å². The molecule has 0 atom stereocenters. The lowest BCUT2D eigenvalue weighted by Gasteiger charge is -2.02. The second-order valence-electron chi connectivity index (χ2n) is 5.02. The number of para-hydroxylation sites is 1. The van der Waals surface area contributed by atoms with Gasteiger partial charge in [0.15, 0.2) is 0 Å². The summed E-state index contributed by atoms with van der Waals surface area (Å²) in [6.07, 6.45) is 0. The van der Waals surface area contributed by atoms with Crippen molar-refractivity contribution in [2.45, 2.75) is 13.8 Å². The number of nitrogens with zero attached hydrogens (tertiary/aromatic N) is 1. The molecule has 0 aliphatic heterocycles. The fourth-order valence-electron chi connectivity index (χ4n) is 2.19. The van der Waals surface area contributed by atoms with Crippen molar-refractivity contribution >= 4 is 22.4 Å². The molecular formula is C18H15NO2. The smallest absolute Gasteiger partial charge is 0.345 e. The lowest BCUT2D eigenvalue weighted by Crippen LogP contribution is -2.11. The monoisotopic (exact) mass is 277 g/mol. The highest BCUT2D eigenvalue weighted by molar-refractivity contribution is 6.01. The molecule has 0 radical (unpaired) electrons. The first-order valence-electron chi connectivity index (χ1n) is 6.79.